The number of dihydropyridines is 1. The van der Waals surface area contributed by atoms with E-state index in [0.717, 1.165) is 25.1 Å². The standard InChI is InChI=1S/C27H31ClN4O2.CH4/c1-3-4-8-16-31(27(33)22-17-21(28)13-14-24(22)34-2)19-25-30-23-12-9-15-29-26(23)32(25)18-20-10-6-5-7-11-20;/h5-7,9-15,17,23,26H,3-4,8,16,18-19H2,1-2H3;1H4. The molecule has 6 nitrogen and oxygen atoms in total. The Kier molecular flexibility index (Phi) is 9.49. The fourth-order valence-corrected chi connectivity index (χ4v) is 4.52. The van der Waals surface area contributed by atoms with Gasteiger partial charge in [-0.1, -0.05) is 75.2 Å². The van der Waals surface area contributed by atoms with Gasteiger partial charge in [-0.25, -0.2) is 0 Å². The minimum absolute atomic E-state index is 0. The lowest BCUT2D eigenvalue weighted by Crippen LogP contribution is -2.45. The molecule has 0 N–H and O–H groups in total. The molecule has 0 bridgehead atoms. The van der Waals surface area contributed by atoms with Gasteiger partial charge in [-0.15, -0.1) is 0 Å². The van der Waals surface area contributed by atoms with Gasteiger partial charge in [0.25, 0.3) is 5.91 Å². The van der Waals surface area contributed by atoms with Crippen LogP contribution in [0.25, 0.3) is 0 Å². The predicted octanol–water partition coefficient (Wildman–Crippen LogP) is 5.87. The van der Waals surface area contributed by atoms with Gasteiger partial charge in [0.1, 0.15) is 23.8 Å². The molecule has 2 aliphatic heterocycles. The Labute approximate surface area is 214 Å². The monoisotopic (exact) mass is 494 g/mol. The fraction of sp³-hybridized carbons (Fsp3) is 0.393. The number of carbonyl (C=O) groups is 1. The third-order valence-electron chi connectivity index (χ3n) is 6.13. The molecule has 0 fully saturated rings. The lowest BCUT2D eigenvalue weighted by molar-refractivity contribution is 0.0769. The van der Waals surface area contributed by atoms with Crippen LogP contribution in [0.5, 0.6) is 5.75 Å². The first kappa shape index (κ1) is 26.5. The molecule has 0 spiro atoms. The summed E-state index contributed by atoms with van der Waals surface area (Å²) in [6.45, 7) is 3.88. The summed E-state index contributed by atoms with van der Waals surface area (Å²) in [6, 6.07) is 15.4. The molecule has 7 heteroatoms. The van der Waals surface area contributed by atoms with Gasteiger partial charge in [-0.3, -0.25) is 14.8 Å². The Bertz CT molecular complexity index is 1080. The topological polar surface area (TPSA) is 57.5 Å². The number of allylic oxidation sites excluding steroid dienone is 1. The van der Waals surface area contributed by atoms with Crippen molar-refractivity contribution in [3.8, 4) is 5.75 Å². The van der Waals surface area contributed by atoms with Crippen molar-refractivity contribution in [2.75, 3.05) is 20.2 Å². The van der Waals surface area contributed by atoms with Crippen molar-refractivity contribution in [1.82, 2.24) is 9.80 Å². The molecule has 1 amide bonds. The van der Waals surface area contributed by atoms with E-state index < -0.39 is 0 Å². The van der Waals surface area contributed by atoms with E-state index in [4.69, 9.17) is 26.3 Å². The first-order valence-corrected chi connectivity index (χ1v) is 12.2. The molecule has 0 saturated carbocycles. The molecule has 2 heterocycles. The van der Waals surface area contributed by atoms with Crippen molar-refractivity contribution in [3.63, 3.8) is 0 Å². The van der Waals surface area contributed by atoms with Crippen LogP contribution in [0.2, 0.25) is 5.02 Å². The molecule has 0 saturated heterocycles. The Morgan fingerprint density at radius 1 is 1.17 bits per heavy atom. The van der Waals surface area contributed by atoms with Crippen LogP contribution in [0, 0.1) is 0 Å². The molecule has 2 aromatic carbocycles. The predicted molar refractivity (Wildman–Crippen MR) is 145 cm³/mol. The molecule has 186 valence electrons. The summed E-state index contributed by atoms with van der Waals surface area (Å²) in [7, 11) is 1.57. The minimum Gasteiger partial charge on any atom is -0.496 e. The van der Waals surface area contributed by atoms with Crippen molar-refractivity contribution >= 4 is 29.6 Å². The molecule has 2 aliphatic rings. The van der Waals surface area contributed by atoms with E-state index in [9.17, 15) is 4.79 Å². The van der Waals surface area contributed by atoms with E-state index in [1.165, 1.54) is 5.56 Å². The highest BCUT2D eigenvalue weighted by Gasteiger charge is 2.36. The molecule has 0 aromatic heterocycles. The maximum Gasteiger partial charge on any atom is 0.258 e. The minimum atomic E-state index is -0.105. The van der Waals surface area contributed by atoms with E-state index in [1.807, 2.05) is 35.4 Å². The summed E-state index contributed by atoms with van der Waals surface area (Å²) in [5.74, 6) is 1.28. The van der Waals surface area contributed by atoms with E-state index >= 15 is 0 Å². The maximum atomic E-state index is 13.7. The van der Waals surface area contributed by atoms with Crippen molar-refractivity contribution < 1.29 is 9.53 Å². The molecule has 0 radical (unpaired) electrons. The molecular formula is C28H35ClN4O2. The number of fused-ring (bicyclic) bond motifs is 1. The summed E-state index contributed by atoms with van der Waals surface area (Å²) in [5.41, 5.74) is 1.65. The molecule has 0 aliphatic carbocycles. The summed E-state index contributed by atoms with van der Waals surface area (Å²) in [6.07, 6.45) is 8.80. The zero-order valence-corrected chi connectivity index (χ0v) is 20.5. The van der Waals surface area contributed by atoms with E-state index in [-0.39, 0.29) is 25.5 Å². The number of amidine groups is 1. The molecule has 2 aromatic rings. The van der Waals surface area contributed by atoms with E-state index in [0.29, 0.717) is 36.0 Å². The first-order valence-electron chi connectivity index (χ1n) is 11.8. The highest BCUT2D eigenvalue weighted by Crippen LogP contribution is 2.27. The Morgan fingerprint density at radius 3 is 2.71 bits per heavy atom. The normalized spacial score (nSPS) is 18.0. The number of hydrogen-bond acceptors (Lipinski definition) is 5. The van der Waals surface area contributed by atoms with Crippen LogP contribution >= 0.6 is 11.6 Å². The smallest absolute Gasteiger partial charge is 0.258 e. The number of hydrogen-bond donors (Lipinski definition) is 0. The summed E-state index contributed by atoms with van der Waals surface area (Å²) in [4.78, 5) is 27.5. The van der Waals surface area contributed by atoms with Gasteiger partial charge >= 0.3 is 0 Å². The second-order valence-electron chi connectivity index (χ2n) is 8.52. The van der Waals surface area contributed by atoms with Gasteiger partial charge in [-0.05, 0) is 36.3 Å². The number of nitrogens with zero attached hydrogens (tertiary/aromatic N) is 4. The number of carbonyl (C=O) groups excluding carboxylic acids is 1. The van der Waals surface area contributed by atoms with Gasteiger partial charge < -0.3 is 14.5 Å². The van der Waals surface area contributed by atoms with Crippen molar-refractivity contribution in [3.05, 3.63) is 76.8 Å². The average molecular weight is 495 g/mol. The van der Waals surface area contributed by atoms with Crippen molar-refractivity contribution in [2.24, 2.45) is 9.98 Å². The Balaban J connectivity index is 0.00000342. The number of rotatable bonds is 10. The number of ether oxygens (including phenoxy) is 1. The number of aliphatic imine (C=N–C) groups is 2. The van der Waals surface area contributed by atoms with Crippen LogP contribution < -0.4 is 4.74 Å². The van der Waals surface area contributed by atoms with Crippen LogP contribution in [0.4, 0.5) is 0 Å². The third kappa shape index (κ3) is 6.31. The van der Waals surface area contributed by atoms with E-state index in [2.05, 4.69) is 30.0 Å². The molecule has 4 rings (SSSR count). The Morgan fingerprint density at radius 2 is 1.97 bits per heavy atom. The zero-order valence-electron chi connectivity index (χ0n) is 19.7. The van der Waals surface area contributed by atoms with Gasteiger partial charge in [0.2, 0.25) is 0 Å². The van der Waals surface area contributed by atoms with Crippen LogP contribution in [-0.4, -0.2) is 60.2 Å². The van der Waals surface area contributed by atoms with Crippen LogP contribution in [-0.2, 0) is 6.54 Å². The average Bonchev–Trinajstić information content (AvgIpc) is 3.20. The highest BCUT2D eigenvalue weighted by atomic mass is 35.5. The number of halogens is 1. The van der Waals surface area contributed by atoms with Gasteiger partial charge in [-0.2, -0.15) is 0 Å². The summed E-state index contributed by atoms with van der Waals surface area (Å²) in [5, 5.41) is 0.507. The van der Waals surface area contributed by atoms with Crippen molar-refractivity contribution in [1.29, 1.82) is 0 Å². The lowest BCUT2D eigenvalue weighted by Gasteiger charge is -2.31. The first-order chi connectivity index (χ1) is 16.6. The zero-order chi connectivity index (χ0) is 23.9. The molecule has 2 unspecified atom stereocenters. The third-order valence-corrected chi connectivity index (χ3v) is 6.36. The van der Waals surface area contributed by atoms with Gasteiger partial charge in [0.05, 0.1) is 19.2 Å². The molecule has 2 atom stereocenters. The Hall–Kier alpha value is -3.12. The second-order valence-corrected chi connectivity index (χ2v) is 8.96. The lowest BCUT2D eigenvalue weighted by atomic mass is 10.1. The summed E-state index contributed by atoms with van der Waals surface area (Å²) < 4.78 is 5.47. The SMILES string of the molecule is C.CCCCCN(CC1=NC2C=CC=NC2N1Cc1ccccc1)C(=O)c1cc(Cl)ccc1OC. The van der Waals surface area contributed by atoms with Crippen LogP contribution in [0.15, 0.2) is 70.7 Å². The second kappa shape index (κ2) is 12.5. The van der Waals surface area contributed by atoms with E-state index in [1.54, 1.807) is 25.3 Å². The van der Waals surface area contributed by atoms with Crippen LogP contribution in [0.3, 0.4) is 0 Å². The summed E-state index contributed by atoms with van der Waals surface area (Å²) >= 11 is 6.23. The fourth-order valence-electron chi connectivity index (χ4n) is 4.35. The number of benzene rings is 2. The van der Waals surface area contributed by atoms with Gasteiger partial charge in [0.15, 0.2) is 0 Å². The molecule has 35 heavy (non-hydrogen) atoms. The van der Waals surface area contributed by atoms with Crippen LogP contribution in [0.1, 0.15) is 49.5 Å². The molecular weight excluding hydrogens is 460 g/mol. The highest BCUT2D eigenvalue weighted by molar-refractivity contribution is 6.31. The number of unbranched alkanes of at least 4 members (excludes halogenated alkanes) is 2. The number of methoxy groups -OCH3 is 1. The van der Waals surface area contributed by atoms with Gasteiger partial charge in [0, 0.05) is 24.3 Å². The quantitative estimate of drug-likeness (QED) is 0.388. The largest absolute Gasteiger partial charge is 0.496 e. The number of amides is 1. The van der Waals surface area contributed by atoms with Crippen molar-refractivity contribution in [2.45, 2.75) is 52.4 Å². The maximum absolute atomic E-state index is 13.7.